The fourth-order valence-corrected chi connectivity index (χ4v) is 5.24. The number of carbonyl (C=O) groups excluding carboxylic acids is 1. The molecule has 0 bridgehead atoms. The molecule has 1 N–H and O–H groups in total. The third kappa shape index (κ3) is 15.8. The largest absolute Gasteiger partial charge is 0.481 e. The average molecular weight is 481 g/mol. The zero-order valence-electron chi connectivity index (χ0n) is 22.8. The monoisotopic (exact) mass is 480 g/mol. The number of hydrogen-bond acceptors (Lipinski definition) is 3. The van der Waals surface area contributed by atoms with Crippen LogP contribution in [0.15, 0.2) is 0 Å². The highest BCUT2D eigenvalue weighted by Crippen LogP contribution is 2.30. The third-order valence-electron chi connectivity index (χ3n) is 7.63. The lowest BCUT2D eigenvalue weighted by Crippen LogP contribution is -2.29. The first kappa shape index (κ1) is 31.0. The van der Waals surface area contributed by atoms with Crippen molar-refractivity contribution in [2.24, 2.45) is 17.8 Å². The maximum atomic E-state index is 12.8. The van der Waals surface area contributed by atoms with Gasteiger partial charge in [-0.1, -0.05) is 104 Å². The maximum absolute atomic E-state index is 12.8. The molecule has 0 aromatic carbocycles. The first-order valence-electron chi connectivity index (χ1n) is 14.9. The van der Waals surface area contributed by atoms with Crippen molar-refractivity contribution < 1.29 is 19.4 Å². The molecule has 0 radical (unpaired) electrons. The molecule has 1 aliphatic rings. The fraction of sp³-hybridized carbons (Fsp3) is 0.933. The molecule has 1 rings (SSSR count). The van der Waals surface area contributed by atoms with Gasteiger partial charge in [0.25, 0.3) is 0 Å². The normalized spacial score (nSPS) is 19.3. The summed E-state index contributed by atoms with van der Waals surface area (Å²) in [5, 5.41) is 9.20. The van der Waals surface area contributed by atoms with Gasteiger partial charge in [0.1, 0.15) is 6.10 Å². The molecule has 1 unspecified atom stereocenters. The molecule has 1 aliphatic carbocycles. The van der Waals surface area contributed by atoms with Gasteiger partial charge in [-0.3, -0.25) is 9.59 Å². The number of rotatable bonds is 21. The number of ether oxygens (including phenoxy) is 1. The van der Waals surface area contributed by atoms with Crippen LogP contribution in [0, 0.1) is 17.8 Å². The smallest absolute Gasteiger partial charge is 0.309 e. The van der Waals surface area contributed by atoms with E-state index in [1.807, 2.05) is 0 Å². The molecule has 34 heavy (non-hydrogen) atoms. The Bertz CT molecular complexity index is 508. The summed E-state index contributed by atoms with van der Waals surface area (Å²) in [6.45, 7) is 6.83. The lowest BCUT2D eigenvalue weighted by Gasteiger charge is -2.27. The minimum Gasteiger partial charge on any atom is -0.481 e. The predicted octanol–water partition coefficient (Wildman–Crippen LogP) is 9.10. The zero-order valence-corrected chi connectivity index (χ0v) is 22.8. The minimum atomic E-state index is -0.719. The highest BCUT2D eigenvalue weighted by molar-refractivity contribution is 5.74. The van der Waals surface area contributed by atoms with Gasteiger partial charge < -0.3 is 9.84 Å². The van der Waals surface area contributed by atoms with Crippen LogP contribution in [0.5, 0.6) is 0 Å². The highest BCUT2D eigenvalue weighted by Gasteiger charge is 2.31. The molecular weight excluding hydrogens is 424 g/mol. The van der Waals surface area contributed by atoms with E-state index in [9.17, 15) is 14.7 Å². The molecule has 0 heterocycles. The average Bonchev–Trinajstić information content (AvgIpc) is 2.82. The van der Waals surface area contributed by atoms with Crippen molar-refractivity contribution >= 4 is 11.9 Å². The van der Waals surface area contributed by atoms with Crippen molar-refractivity contribution in [1.82, 2.24) is 0 Å². The van der Waals surface area contributed by atoms with Crippen LogP contribution in [0.1, 0.15) is 156 Å². The van der Waals surface area contributed by atoms with Crippen LogP contribution in [0.4, 0.5) is 0 Å². The number of esters is 1. The summed E-state index contributed by atoms with van der Waals surface area (Å²) in [6, 6.07) is 0. The third-order valence-corrected chi connectivity index (χ3v) is 7.63. The summed E-state index contributed by atoms with van der Waals surface area (Å²) in [7, 11) is 0. The van der Waals surface area contributed by atoms with Gasteiger partial charge in [0.15, 0.2) is 0 Å². The first-order chi connectivity index (χ1) is 16.4. The van der Waals surface area contributed by atoms with Crippen molar-refractivity contribution in [2.75, 3.05) is 0 Å². The van der Waals surface area contributed by atoms with Crippen molar-refractivity contribution in [3.8, 4) is 0 Å². The van der Waals surface area contributed by atoms with Gasteiger partial charge >= 0.3 is 11.9 Å². The van der Waals surface area contributed by atoms with E-state index in [4.69, 9.17) is 4.74 Å². The van der Waals surface area contributed by atoms with Gasteiger partial charge in [-0.15, -0.1) is 0 Å². The second-order valence-electron chi connectivity index (χ2n) is 11.3. The van der Waals surface area contributed by atoms with E-state index in [-0.39, 0.29) is 23.9 Å². The van der Waals surface area contributed by atoms with Crippen LogP contribution >= 0.6 is 0 Å². The Hall–Kier alpha value is -1.06. The van der Waals surface area contributed by atoms with E-state index in [1.54, 1.807) is 0 Å². The van der Waals surface area contributed by atoms with Crippen LogP contribution in [0.3, 0.4) is 0 Å². The van der Waals surface area contributed by atoms with Gasteiger partial charge in [-0.2, -0.15) is 0 Å². The Morgan fingerprint density at radius 3 is 1.53 bits per heavy atom. The van der Waals surface area contributed by atoms with Crippen molar-refractivity contribution in [1.29, 1.82) is 0 Å². The highest BCUT2D eigenvalue weighted by atomic mass is 16.5. The number of carboxylic acid groups (broad SMARTS) is 1. The summed E-state index contributed by atoms with van der Waals surface area (Å²) in [4.78, 5) is 24.0. The van der Waals surface area contributed by atoms with Gasteiger partial charge in [0, 0.05) is 0 Å². The zero-order chi connectivity index (χ0) is 25.0. The lowest BCUT2D eigenvalue weighted by atomic mass is 9.82. The van der Waals surface area contributed by atoms with Crippen molar-refractivity contribution in [3.63, 3.8) is 0 Å². The van der Waals surface area contributed by atoms with Crippen molar-refractivity contribution in [3.05, 3.63) is 0 Å². The van der Waals surface area contributed by atoms with Gasteiger partial charge in [0.2, 0.25) is 0 Å². The molecule has 1 atom stereocenters. The topological polar surface area (TPSA) is 63.6 Å². The number of carbonyl (C=O) groups is 2. The molecule has 4 heteroatoms. The van der Waals surface area contributed by atoms with Gasteiger partial charge in [0.05, 0.1) is 11.8 Å². The minimum absolute atomic E-state index is 0.0452. The molecule has 1 fully saturated rings. The molecular formula is C30H56O4. The predicted molar refractivity (Wildman–Crippen MR) is 142 cm³/mol. The lowest BCUT2D eigenvalue weighted by molar-refractivity contribution is -0.158. The Kier molecular flexibility index (Phi) is 18.4. The van der Waals surface area contributed by atoms with Crippen LogP contribution < -0.4 is 0 Å². The van der Waals surface area contributed by atoms with E-state index in [0.717, 1.165) is 31.6 Å². The number of hydrogen-bond donors (Lipinski definition) is 1. The molecule has 0 saturated heterocycles. The molecule has 0 spiro atoms. The first-order valence-corrected chi connectivity index (χ1v) is 14.9. The summed E-state index contributed by atoms with van der Waals surface area (Å²) in [5.74, 6) is -0.390. The Morgan fingerprint density at radius 2 is 1.09 bits per heavy atom. The van der Waals surface area contributed by atoms with E-state index in [0.29, 0.717) is 25.7 Å². The Labute approximate surface area is 211 Å². The summed E-state index contributed by atoms with van der Waals surface area (Å²) in [6.07, 6.45) is 24.0. The molecule has 0 aromatic rings. The second-order valence-corrected chi connectivity index (χ2v) is 11.3. The molecule has 0 amide bonds. The quantitative estimate of drug-likeness (QED) is 0.131. The molecule has 4 nitrogen and oxygen atoms in total. The Morgan fingerprint density at radius 1 is 0.676 bits per heavy atom. The van der Waals surface area contributed by atoms with E-state index in [2.05, 4.69) is 20.8 Å². The molecule has 1 saturated carbocycles. The molecule has 0 aliphatic heterocycles. The van der Waals surface area contributed by atoms with Gasteiger partial charge in [-0.05, 0) is 57.3 Å². The second kappa shape index (κ2) is 20.2. The number of aliphatic carboxylic acids is 1. The van der Waals surface area contributed by atoms with Crippen molar-refractivity contribution in [2.45, 2.75) is 162 Å². The number of unbranched alkanes of at least 4 members (excludes halogenated alkanes) is 12. The van der Waals surface area contributed by atoms with Gasteiger partial charge in [-0.25, -0.2) is 0 Å². The molecule has 200 valence electrons. The summed E-state index contributed by atoms with van der Waals surface area (Å²) in [5.41, 5.74) is 0. The standard InChI is InChI=1S/C30H56O4/c1-4-5-6-7-8-9-10-11-12-16-19-28(20-17-14-13-15-18-25(2)3)34-30(33)27-23-21-26(22-24-27)29(31)32/h25-28H,4-24H2,1-3H3,(H,31,32). The number of carboxylic acids is 1. The van der Waals surface area contributed by atoms with E-state index >= 15 is 0 Å². The summed E-state index contributed by atoms with van der Waals surface area (Å²) >= 11 is 0. The molecule has 0 aromatic heterocycles. The SMILES string of the molecule is CCCCCCCCCCCCC(CCCCCCC(C)C)OC(=O)C1CCC(C(=O)O)CC1. The van der Waals surface area contributed by atoms with Crippen LogP contribution in [-0.2, 0) is 14.3 Å². The van der Waals surface area contributed by atoms with Crippen LogP contribution in [0.25, 0.3) is 0 Å². The van der Waals surface area contributed by atoms with Crippen LogP contribution in [-0.4, -0.2) is 23.1 Å². The fourth-order valence-electron chi connectivity index (χ4n) is 5.24. The van der Waals surface area contributed by atoms with E-state index in [1.165, 1.54) is 83.5 Å². The maximum Gasteiger partial charge on any atom is 0.309 e. The summed E-state index contributed by atoms with van der Waals surface area (Å²) < 4.78 is 6.03. The van der Waals surface area contributed by atoms with Crippen LogP contribution in [0.2, 0.25) is 0 Å². The van der Waals surface area contributed by atoms with E-state index < -0.39 is 5.97 Å². The Balaban J connectivity index is 2.30.